The van der Waals surface area contributed by atoms with E-state index in [2.05, 4.69) is 22.9 Å². The molecule has 2 heterocycles. The van der Waals surface area contributed by atoms with Gasteiger partial charge in [0.2, 0.25) is 0 Å². The summed E-state index contributed by atoms with van der Waals surface area (Å²) in [6, 6.07) is 2.10. The van der Waals surface area contributed by atoms with Gasteiger partial charge in [-0.05, 0) is 39.5 Å². The van der Waals surface area contributed by atoms with Crippen molar-refractivity contribution in [2.45, 2.75) is 64.1 Å². The minimum Gasteiger partial charge on any atom is -0.392 e. The van der Waals surface area contributed by atoms with Gasteiger partial charge in [0.05, 0.1) is 12.2 Å². The van der Waals surface area contributed by atoms with Crippen LogP contribution in [0.5, 0.6) is 0 Å². The minimum absolute atomic E-state index is 0.0199. The maximum atomic E-state index is 10.3. The van der Waals surface area contributed by atoms with Gasteiger partial charge in [0.1, 0.15) is 11.6 Å². The first-order valence-corrected chi connectivity index (χ1v) is 9.02. The Hall–Kier alpha value is -1.20. The normalized spacial score (nSPS) is 29.6. The Morgan fingerprint density at radius 1 is 1.30 bits per heavy atom. The summed E-state index contributed by atoms with van der Waals surface area (Å²) in [5, 5.41) is 10.3. The van der Waals surface area contributed by atoms with Crippen LogP contribution in [0.2, 0.25) is 0 Å². The molecule has 2 saturated carbocycles. The first-order chi connectivity index (χ1) is 11.1. The maximum Gasteiger partial charge on any atom is 0.134 e. The number of rotatable bonds is 4. The molecule has 1 spiro atoms. The van der Waals surface area contributed by atoms with Crippen LogP contribution in [0, 0.1) is 12.3 Å². The summed E-state index contributed by atoms with van der Waals surface area (Å²) in [6.45, 7) is 6.72. The molecular formula is C18H27N3O2. The number of anilines is 1. The van der Waals surface area contributed by atoms with E-state index >= 15 is 0 Å². The van der Waals surface area contributed by atoms with Gasteiger partial charge in [-0.25, -0.2) is 9.97 Å². The molecule has 1 aromatic rings. The Bertz CT molecular complexity index is 578. The zero-order chi connectivity index (χ0) is 16.0. The van der Waals surface area contributed by atoms with Crippen LogP contribution in [0.1, 0.15) is 56.5 Å². The van der Waals surface area contributed by atoms with E-state index in [9.17, 15) is 5.11 Å². The minimum atomic E-state index is -0.199. The number of aliphatic hydroxyl groups is 1. The van der Waals surface area contributed by atoms with E-state index in [-0.39, 0.29) is 17.6 Å². The fraction of sp³-hybridized carbons (Fsp3) is 0.778. The Morgan fingerprint density at radius 2 is 2.04 bits per heavy atom. The molecule has 126 valence electrons. The molecule has 0 bridgehead atoms. The fourth-order valence-corrected chi connectivity index (χ4v) is 4.23. The third-order valence-corrected chi connectivity index (χ3v) is 5.93. The largest absolute Gasteiger partial charge is 0.392 e. The second-order valence-corrected chi connectivity index (χ2v) is 7.42. The molecule has 5 heteroatoms. The van der Waals surface area contributed by atoms with Crippen LogP contribution in [0.25, 0.3) is 0 Å². The smallest absolute Gasteiger partial charge is 0.134 e. The van der Waals surface area contributed by atoms with E-state index in [4.69, 9.17) is 9.72 Å². The first kappa shape index (κ1) is 15.3. The summed E-state index contributed by atoms with van der Waals surface area (Å²) >= 11 is 0. The molecule has 1 aliphatic heterocycles. The molecule has 1 saturated heterocycles. The quantitative estimate of drug-likeness (QED) is 0.924. The number of nitrogens with zero attached hydrogens (tertiary/aromatic N) is 3. The van der Waals surface area contributed by atoms with Crippen LogP contribution >= 0.6 is 0 Å². The highest BCUT2D eigenvalue weighted by Crippen LogP contribution is 2.51. The number of piperidine rings is 1. The molecule has 1 aromatic heterocycles. The van der Waals surface area contributed by atoms with E-state index in [1.165, 1.54) is 12.8 Å². The zero-order valence-electron chi connectivity index (χ0n) is 14.2. The zero-order valence-corrected chi connectivity index (χ0v) is 14.2. The van der Waals surface area contributed by atoms with Crippen molar-refractivity contribution in [3.05, 3.63) is 17.6 Å². The lowest BCUT2D eigenvalue weighted by Gasteiger charge is -2.56. The standard InChI is InChI=1S/C18H27N3O2/c1-3-23-15-11-14(22)18(15)6-8-21(9-7-18)16-10-12(2)19-17(20-16)13-4-5-13/h10,13-15,22H,3-9,11H2,1-2H3/t14-,15+/m1/s1. The van der Waals surface area contributed by atoms with Gasteiger partial charge in [-0.2, -0.15) is 0 Å². The third-order valence-electron chi connectivity index (χ3n) is 5.93. The Morgan fingerprint density at radius 3 is 2.65 bits per heavy atom. The summed E-state index contributed by atoms with van der Waals surface area (Å²) in [5.74, 6) is 2.67. The van der Waals surface area contributed by atoms with Gasteiger partial charge in [0.25, 0.3) is 0 Å². The van der Waals surface area contributed by atoms with Gasteiger partial charge >= 0.3 is 0 Å². The molecule has 0 radical (unpaired) electrons. The number of aryl methyl sites for hydroxylation is 1. The molecule has 0 amide bonds. The molecule has 2 aliphatic carbocycles. The number of aromatic nitrogens is 2. The molecular weight excluding hydrogens is 290 g/mol. The maximum absolute atomic E-state index is 10.3. The summed E-state index contributed by atoms with van der Waals surface area (Å²) in [7, 11) is 0. The summed E-state index contributed by atoms with van der Waals surface area (Å²) in [4.78, 5) is 11.8. The lowest BCUT2D eigenvalue weighted by atomic mass is 9.58. The van der Waals surface area contributed by atoms with Crippen LogP contribution in [-0.2, 0) is 4.74 Å². The second kappa shape index (κ2) is 5.71. The van der Waals surface area contributed by atoms with Crippen LogP contribution < -0.4 is 4.90 Å². The van der Waals surface area contributed by atoms with Crippen LogP contribution in [0.15, 0.2) is 6.07 Å². The highest BCUT2D eigenvalue weighted by molar-refractivity contribution is 5.41. The Kier molecular flexibility index (Phi) is 3.81. The molecule has 3 aliphatic rings. The fourth-order valence-electron chi connectivity index (χ4n) is 4.23. The molecule has 5 nitrogen and oxygen atoms in total. The first-order valence-electron chi connectivity index (χ1n) is 9.02. The van der Waals surface area contributed by atoms with Crippen molar-refractivity contribution in [1.82, 2.24) is 9.97 Å². The third kappa shape index (κ3) is 2.64. The van der Waals surface area contributed by atoms with Crippen molar-refractivity contribution in [3.63, 3.8) is 0 Å². The summed E-state index contributed by atoms with van der Waals surface area (Å²) in [6.07, 6.45) is 5.27. The highest BCUT2D eigenvalue weighted by Gasteiger charge is 2.56. The average molecular weight is 317 g/mol. The summed E-state index contributed by atoms with van der Waals surface area (Å²) < 4.78 is 5.86. The Labute approximate surface area is 138 Å². The van der Waals surface area contributed by atoms with Crippen molar-refractivity contribution >= 4 is 5.82 Å². The molecule has 1 N–H and O–H groups in total. The average Bonchev–Trinajstić information content (AvgIpc) is 3.39. The predicted octanol–water partition coefficient (Wildman–Crippen LogP) is 2.42. The Balaban J connectivity index is 1.47. The van der Waals surface area contributed by atoms with Crippen LogP contribution in [0.3, 0.4) is 0 Å². The van der Waals surface area contributed by atoms with Crippen LogP contribution in [0.4, 0.5) is 5.82 Å². The van der Waals surface area contributed by atoms with E-state index in [0.29, 0.717) is 5.92 Å². The molecule has 0 unspecified atom stereocenters. The molecule has 4 rings (SSSR count). The van der Waals surface area contributed by atoms with Gasteiger partial charge in [0, 0.05) is 49.2 Å². The molecule has 23 heavy (non-hydrogen) atoms. The van der Waals surface area contributed by atoms with Crippen LogP contribution in [-0.4, -0.2) is 47.0 Å². The molecule has 0 aromatic carbocycles. The van der Waals surface area contributed by atoms with Gasteiger partial charge < -0.3 is 14.7 Å². The van der Waals surface area contributed by atoms with Crippen molar-refractivity contribution in [2.24, 2.45) is 5.41 Å². The van der Waals surface area contributed by atoms with Crippen molar-refractivity contribution < 1.29 is 9.84 Å². The lowest BCUT2D eigenvalue weighted by molar-refractivity contribution is -0.199. The number of hydrogen-bond donors (Lipinski definition) is 1. The van der Waals surface area contributed by atoms with Crippen molar-refractivity contribution in [3.8, 4) is 0 Å². The van der Waals surface area contributed by atoms with Gasteiger partial charge in [-0.3, -0.25) is 0 Å². The van der Waals surface area contributed by atoms with E-state index in [0.717, 1.165) is 56.3 Å². The molecule has 2 atom stereocenters. The van der Waals surface area contributed by atoms with E-state index < -0.39 is 0 Å². The second-order valence-electron chi connectivity index (χ2n) is 7.42. The number of hydrogen-bond acceptors (Lipinski definition) is 5. The number of ether oxygens (including phenoxy) is 1. The predicted molar refractivity (Wildman–Crippen MR) is 88.7 cm³/mol. The van der Waals surface area contributed by atoms with E-state index in [1.54, 1.807) is 0 Å². The summed E-state index contributed by atoms with van der Waals surface area (Å²) in [5.41, 5.74) is 1.04. The number of aliphatic hydroxyl groups excluding tert-OH is 1. The van der Waals surface area contributed by atoms with Crippen molar-refractivity contribution in [1.29, 1.82) is 0 Å². The van der Waals surface area contributed by atoms with Gasteiger partial charge in [-0.1, -0.05) is 0 Å². The van der Waals surface area contributed by atoms with Crippen molar-refractivity contribution in [2.75, 3.05) is 24.6 Å². The van der Waals surface area contributed by atoms with E-state index in [1.807, 2.05) is 6.92 Å². The molecule has 3 fully saturated rings. The van der Waals surface area contributed by atoms with Gasteiger partial charge in [-0.15, -0.1) is 0 Å². The topological polar surface area (TPSA) is 58.5 Å². The monoisotopic (exact) mass is 317 g/mol. The highest BCUT2D eigenvalue weighted by atomic mass is 16.5. The van der Waals surface area contributed by atoms with Gasteiger partial charge in [0.15, 0.2) is 0 Å². The lowest BCUT2D eigenvalue weighted by Crippen LogP contribution is -2.62. The SMILES string of the molecule is CCO[C@H]1C[C@@H](O)C12CCN(c1cc(C)nc(C3CC3)n1)CC2.